The van der Waals surface area contributed by atoms with Crippen molar-refractivity contribution in [3.05, 3.63) is 35.7 Å². The van der Waals surface area contributed by atoms with Gasteiger partial charge in [0.1, 0.15) is 22.8 Å². The topological polar surface area (TPSA) is 85.8 Å². The average Bonchev–Trinajstić information content (AvgIpc) is 3.15. The molecule has 30 heavy (non-hydrogen) atoms. The molecule has 1 amide bonds. The van der Waals surface area contributed by atoms with E-state index in [1.165, 1.54) is 0 Å². The number of nitrogens with one attached hydrogen (secondary N) is 1. The second kappa shape index (κ2) is 9.38. The molecular weight excluding hydrogens is 408 g/mol. The molecule has 0 unspecified atom stereocenters. The minimum Gasteiger partial charge on any atom is -0.497 e. The van der Waals surface area contributed by atoms with E-state index in [2.05, 4.69) is 15.3 Å². The van der Waals surface area contributed by atoms with Gasteiger partial charge in [0, 0.05) is 13.1 Å². The zero-order valence-electron chi connectivity index (χ0n) is 17.6. The van der Waals surface area contributed by atoms with Crippen LogP contribution in [0.4, 0.5) is 10.5 Å². The van der Waals surface area contributed by atoms with Gasteiger partial charge in [-0.15, -0.1) is 0 Å². The molecule has 1 aliphatic rings. The molecule has 0 saturated carbocycles. The van der Waals surface area contributed by atoms with E-state index in [4.69, 9.17) is 25.8 Å². The lowest BCUT2D eigenvalue weighted by atomic mass is 10.2. The third-order valence-corrected chi connectivity index (χ3v) is 4.71. The second-order valence-corrected chi connectivity index (χ2v) is 8.32. The zero-order valence-corrected chi connectivity index (χ0v) is 18.4. The molecular formula is C21H27ClN4O4. The fourth-order valence-electron chi connectivity index (χ4n) is 3.14. The summed E-state index contributed by atoms with van der Waals surface area (Å²) in [5, 5.41) is 3.37. The molecule has 1 aromatic heterocycles. The van der Waals surface area contributed by atoms with E-state index < -0.39 is 5.60 Å². The molecule has 1 fully saturated rings. The molecule has 3 rings (SSSR count). The normalized spacial score (nSPS) is 16.3. The number of aromatic nitrogens is 2. The van der Waals surface area contributed by atoms with Gasteiger partial charge in [-0.25, -0.2) is 9.78 Å². The molecule has 1 aliphatic heterocycles. The standard InChI is InChI=1S/C21H27ClN4O4/c1-21(2,3)30-20(27)26-11-5-6-14(26)12-23-17-13-24-19(22)25-18(17)29-16-9-7-15(28-4)8-10-16/h7-10,13-14,23H,5-6,11-12H2,1-4H3/t14-/m0/s1. The maximum atomic E-state index is 12.5. The number of carbonyl (C=O) groups excluding carboxylic acids is 1. The predicted molar refractivity (Wildman–Crippen MR) is 115 cm³/mol. The molecule has 2 heterocycles. The van der Waals surface area contributed by atoms with Crippen LogP contribution < -0.4 is 14.8 Å². The van der Waals surface area contributed by atoms with E-state index in [1.807, 2.05) is 20.8 Å². The highest BCUT2D eigenvalue weighted by Gasteiger charge is 2.32. The monoisotopic (exact) mass is 434 g/mol. The summed E-state index contributed by atoms with van der Waals surface area (Å²) < 4.78 is 16.6. The fraction of sp³-hybridized carbons (Fsp3) is 0.476. The molecule has 2 aromatic rings. The molecule has 9 heteroatoms. The van der Waals surface area contributed by atoms with E-state index in [-0.39, 0.29) is 17.4 Å². The number of likely N-dealkylation sites (tertiary alicyclic amines) is 1. The number of carbonyl (C=O) groups is 1. The van der Waals surface area contributed by atoms with Crippen LogP contribution in [0.1, 0.15) is 33.6 Å². The minimum absolute atomic E-state index is 0.00404. The van der Waals surface area contributed by atoms with Gasteiger partial charge in [-0.1, -0.05) is 0 Å². The maximum absolute atomic E-state index is 12.5. The number of rotatable bonds is 6. The van der Waals surface area contributed by atoms with Crippen LogP contribution in [0.15, 0.2) is 30.5 Å². The zero-order chi connectivity index (χ0) is 21.7. The van der Waals surface area contributed by atoms with Crippen molar-refractivity contribution < 1.29 is 19.0 Å². The highest BCUT2D eigenvalue weighted by atomic mass is 35.5. The molecule has 1 saturated heterocycles. The summed E-state index contributed by atoms with van der Waals surface area (Å²) in [6.45, 7) is 6.78. The summed E-state index contributed by atoms with van der Waals surface area (Å²) in [6.07, 6.45) is 3.09. The van der Waals surface area contributed by atoms with Gasteiger partial charge in [0.15, 0.2) is 0 Å². The van der Waals surface area contributed by atoms with Gasteiger partial charge in [0.05, 0.1) is 19.3 Å². The van der Waals surface area contributed by atoms with Crippen molar-refractivity contribution in [3.63, 3.8) is 0 Å². The number of halogens is 1. The predicted octanol–water partition coefficient (Wildman–Crippen LogP) is 4.74. The summed E-state index contributed by atoms with van der Waals surface area (Å²) in [5.41, 5.74) is 0.0624. The Bertz CT molecular complexity index is 870. The molecule has 1 N–H and O–H groups in total. The highest BCUT2D eigenvalue weighted by molar-refractivity contribution is 6.28. The Labute approximate surface area is 181 Å². The Morgan fingerprint density at radius 2 is 1.97 bits per heavy atom. The Kier molecular flexibility index (Phi) is 6.87. The van der Waals surface area contributed by atoms with Gasteiger partial charge in [-0.3, -0.25) is 0 Å². The number of benzene rings is 1. The minimum atomic E-state index is -0.527. The summed E-state index contributed by atoms with van der Waals surface area (Å²) >= 11 is 5.96. The van der Waals surface area contributed by atoms with E-state index in [0.29, 0.717) is 30.4 Å². The lowest BCUT2D eigenvalue weighted by Crippen LogP contribution is -2.42. The van der Waals surface area contributed by atoms with E-state index in [9.17, 15) is 4.79 Å². The Morgan fingerprint density at radius 3 is 2.63 bits per heavy atom. The van der Waals surface area contributed by atoms with Crippen LogP contribution >= 0.6 is 11.6 Å². The molecule has 0 bridgehead atoms. The average molecular weight is 435 g/mol. The number of hydrogen-bond acceptors (Lipinski definition) is 7. The third-order valence-electron chi connectivity index (χ3n) is 4.53. The van der Waals surface area contributed by atoms with Gasteiger partial charge < -0.3 is 24.4 Å². The van der Waals surface area contributed by atoms with Gasteiger partial charge in [0.2, 0.25) is 11.2 Å². The van der Waals surface area contributed by atoms with Gasteiger partial charge in [0.25, 0.3) is 0 Å². The van der Waals surface area contributed by atoms with Crippen LogP contribution in [0.5, 0.6) is 17.4 Å². The first kappa shape index (κ1) is 22.0. The summed E-state index contributed by atoms with van der Waals surface area (Å²) in [4.78, 5) is 22.5. The Balaban J connectivity index is 1.68. The van der Waals surface area contributed by atoms with Gasteiger partial charge in [-0.2, -0.15) is 4.98 Å². The Morgan fingerprint density at radius 1 is 1.27 bits per heavy atom. The van der Waals surface area contributed by atoms with Crippen molar-refractivity contribution in [3.8, 4) is 17.4 Å². The van der Waals surface area contributed by atoms with Crippen molar-refractivity contribution in [2.45, 2.75) is 45.3 Å². The number of hydrogen-bond donors (Lipinski definition) is 1. The van der Waals surface area contributed by atoms with Crippen molar-refractivity contribution >= 4 is 23.4 Å². The summed E-state index contributed by atoms with van der Waals surface area (Å²) in [6, 6.07) is 7.15. The van der Waals surface area contributed by atoms with E-state index in [0.717, 1.165) is 18.6 Å². The molecule has 162 valence electrons. The van der Waals surface area contributed by atoms with Crippen molar-refractivity contribution in [2.24, 2.45) is 0 Å². The van der Waals surface area contributed by atoms with Crippen LogP contribution in [0.3, 0.4) is 0 Å². The second-order valence-electron chi connectivity index (χ2n) is 7.99. The lowest BCUT2D eigenvalue weighted by Gasteiger charge is -2.29. The van der Waals surface area contributed by atoms with Crippen molar-refractivity contribution in [1.82, 2.24) is 14.9 Å². The number of nitrogens with zero attached hydrogens (tertiary/aromatic N) is 3. The lowest BCUT2D eigenvalue weighted by molar-refractivity contribution is 0.0235. The number of methoxy groups -OCH3 is 1. The smallest absolute Gasteiger partial charge is 0.410 e. The van der Waals surface area contributed by atoms with Crippen LogP contribution in [-0.2, 0) is 4.74 Å². The quantitative estimate of drug-likeness (QED) is 0.657. The summed E-state index contributed by atoms with van der Waals surface area (Å²) in [7, 11) is 1.60. The number of amides is 1. The van der Waals surface area contributed by atoms with E-state index >= 15 is 0 Å². The van der Waals surface area contributed by atoms with Crippen molar-refractivity contribution in [2.75, 3.05) is 25.5 Å². The molecule has 1 atom stereocenters. The van der Waals surface area contributed by atoms with E-state index in [1.54, 1.807) is 42.5 Å². The molecule has 0 spiro atoms. The SMILES string of the molecule is COc1ccc(Oc2nc(Cl)ncc2NC[C@@H]2CCCN2C(=O)OC(C)(C)C)cc1. The van der Waals surface area contributed by atoms with Crippen LogP contribution in [0.2, 0.25) is 5.28 Å². The Hall–Kier alpha value is -2.74. The molecule has 8 nitrogen and oxygen atoms in total. The first-order valence-corrected chi connectivity index (χ1v) is 10.2. The summed E-state index contributed by atoms with van der Waals surface area (Å²) in [5.74, 6) is 1.62. The van der Waals surface area contributed by atoms with Crippen LogP contribution in [0, 0.1) is 0 Å². The number of anilines is 1. The highest BCUT2D eigenvalue weighted by Crippen LogP contribution is 2.30. The molecule has 1 aromatic carbocycles. The molecule has 0 aliphatic carbocycles. The third kappa shape index (κ3) is 5.89. The fourth-order valence-corrected chi connectivity index (χ4v) is 3.26. The maximum Gasteiger partial charge on any atom is 0.410 e. The first-order valence-electron chi connectivity index (χ1n) is 9.83. The van der Waals surface area contributed by atoms with Crippen LogP contribution in [0.25, 0.3) is 0 Å². The number of ether oxygens (including phenoxy) is 3. The largest absolute Gasteiger partial charge is 0.497 e. The van der Waals surface area contributed by atoms with Crippen molar-refractivity contribution in [1.29, 1.82) is 0 Å². The van der Waals surface area contributed by atoms with Gasteiger partial charge in [-0.05, 0) is 69.5 Å². The van der Waals surface area contributed by atoms with Crippen LogP contribution in [-0.4, -0.2) is 52.8 Å². The van der Waals surface area contributed by atoms with Gasteiger partial charge >= 0.3 is 6.09 Å². The first-order chi connectivity index (χ1) is 14.2. The molecule has 0 radical (unpaired) electrons.